The zero-order valence-corrected chi connectivity index (χ0v) is 11.8. The summed E-state index contributed by atoms with van der Waals surface area (Å²) in [4.78, 5) is -0.161. The highest BCUT2D eigenvalue weighted by Gasteiger charge is 2.32. The van der Waals surface area contributed by atoms with Gasteiger partial charge in [0.1, 0.15) is 0 Å². The Labute approximate surface area is 120 Å². The summed E-state index contributed by atoms with van der Waals surface area (Å²) in [5.41, 5.74) is -0.885. The molecule has 1 aliphatic rings. The normalized spacial score (nSPS) is 18.4. The van der Waals surface area contributed by atoms with Crippen molar-refractivity contribution >= 4 is 10.0 Å². The van der Waals surface area contributed by atoms with E-state index in [9.17, 15) is 21.6 Å². The van der Waals surface area contributed by atoms with E-state index >= 15 is 0 Å². The fourth-order valence-corrected chi connectivity index (χ4v) is 3.66. The number of hydrogen-bond acceptors (Lipinski definition) is 3. The Bertz CT molecular complexity index is 639. The van der Waals surface area contributed by atoms with Crippen LogP contribution in [0.1, 0.15) is 18.4 Å². The first kappa shape index (κ1) is 15.8. The van der Waals surface area contributed by atoms with Gasteiger partial charge in [-0.15, -0.1) is 0 Å². The van der Waals surface area contributed by atoms with E-state index in [1.807, 2.05) is 0 Å². The predicted octanol–water partition coefficient (Wildman–Crippen LogP) is 2.63. The minimum absolute atomic E-state index is 0.161. The lowest BCUT2D eigenvalue weighted by Gasteiger charge is -2.28. The highest BCUT2D eigenvalue weighted by atomic mass is 32.2. The summed E-state index contributed by atoms with van der Waals surface area (Å²) in [6, 6.07) is 5.54. The number of sulfonamides is 1. The molecular weight excluding hydrogens is 305 g/mol. The summed E-state index contributed by atoms with van der Waals surface area (Å²) in [6.07, 6.45) is -3.61. The minimum atomic E-state index is -4.49. The van der Waals surface area contributed by atoms with Gasteiger partial charge in [0.2, 0.25) is 10.0 Å². The average molecular weight is 318 g/mol. The van der Waals surface area contributed by atoms with Crippen molar-refractivity contribution in [3.05, 3.63) is 29.8 Å². The molecule has 8 heteroatoms. The molecule has 0 atom stereocenters. The van der Waals surface area contributed by atoms with Crippen molar-refractivity contribution < 1.29 is 21.6 Å². The van der Waals surface area contributed by atoms with E-state index in [-0.39, 0.29) is 23.9 Å². The summed E-state index contributed by atoms with van der Waals surface area (Å²) < 4.78 is 63.2. The molecule has 0 aromatic heterocycles. The van der Waals surface area contributed by atoms with E-state index in [0.29, 0.717) is 12.8 Å². The maximum absolute atomic E-state index is 12.5. The second-order valence-electron chi connectivity index (χ2n) is 4.83. The van der Waals surface area contributed by atoms with Gasteiger partial charge in [0, 0.05) is 19.0 Å². The van der Waals surface area contributed by atoms with Gasteiger partial charge in [0.05, 0.1) is 16.5 Å². The molecule has 0 saturated carbocycles. The van der Waals surface area contributed by atoms with Crippen LogP contribution in [0.4, 0.5) is 13.2 Å². The zero-order valence-electron chi connectivity index (χ0n) is 11.0. The summed E-state index contributed by atoms with van der Waals surface area (Å²) in [5.74, 6) is -0.163. The van der Waals surface area contributed by atoms with Crippen LogP contribution in [0.2, 0.25) is 0 Å². The Morgan fingerprint density at radius 3 is 2.10 bits per heavy atom. The molecule has 1 aliphatic heterocycles. The predicted molar refractivity (Wildman–Crippen MR) is 68.5 cm³/mol. The van der Waals surface area contributed by atoms with Gasteiger partial charge in [-0.05, 0) is 37.1 Å². The topological polar surface area (TPSA) is 61.2 Å². The number of alkyl halides is 3. The third-order valence-electron chi connectivity index (χ3n) is 3.46. The van der Waals surface area contributed by atoms with Crippen molar-refractivity contribution in [1.29, 1.82) is 5.26 Å². The smallest absolute Gasteiger partial charge is 0.207 e. The monoisotopic (exact) mass is 318 g/mol. The molecule has 0 bridgehead atoms. The van der Waals surface area contributed by atoms with Gasteiger partial charge in [-0.1, -0.05) is 0 Å². The van der Waals surface area contributed by atoms with Crippen LogP contribution in [0.3, 0.4) is 0 Å². The molecule has 0 spiro atoms. The number of hydrogen-bond donors (Lipinski definition) is 0. The molecule has 0 amide bonds. The molecule has 0 unspecified atom stereocenters. The Balaban J connectivity index is 2.19. The lowest BCUT2D eigenvalue weighted by molar-refractivity contribution is -0.137. The fourth-order valence-electron chi connectivity index (χ4n) is 2.19. The SMILES string of the molecule is N#CC1CCN(S(=O)(=O)c2ccc(C(F)(F)F)cc2)CC1. The molecular formula is C13H13F3N2O2S. The minimum Gasteiger partial charge on any atom is -0.207 e. The second kappa shape index (κ2) is 5.66. The van der Waals surface area contributed by atoms with E-state index in [2.05, 4.69) is 6.07 Å². The largest absolute Gasteiger partial charge is 0.416 e. The number of nitriles is 1. The third kappa shape index (κ3) is 3.36. The van der Waals surface area contributed by atoms with Crippen molar-refractivity contribution in [3.63, 3.8) is 0 Å². The molecule has 2 rings (SSSR count). The van der Waals surface area contributed by atoms with Crippen molar-refractivity contribution in [2.45, 2.75) is 23.9 Å². The second-order valence-corrected chi connectivity index (χ2v) is 6.77. The van der Waals surface area contributed by atoms with E-state index in [1.54, 1.807) is 0 Å². The third-order valence-corrected chi connectivity index (χ3v) is 5.37. The van der Waals surface area contributed by atoms with Crippen LogP contribution in [-0.2, 0) is 16.2 Å². The first-order valence-corrected chi connectivity index (χ1v) is 7.76. The van der Waals surface area contributed by atoms with E-state index in [0.717, 1.165) is 24.3 Å². The Morgan fingerprint density at radius 1 is 1.14 bits per heavy atom. The van der Waals surface area contributed by atoms with Crippen LogP contribution in [0.25, 0.3) is 0 Å². The number of benzene rings is 1. The molecule has 0 N–H and O–H groups in total. The summed E-state index contributed by atoms with van der Waals surface area (Å²) in [5, 5.41) is 8.78. The molecule has 1 heterocycles. The van der Waals surface area contributed by atoms with Crippen LogP contribution < -0.4 is 0 Å². The van der Waals surface area contributed by atoms with E-state index < -0.39 is 21.8 Å². The highest BCUT2D eigenvalue weighted by Crippen LogP contribution is 2.30. The van der Waals surface area contributed by atoms with Gasteiger partial charge in [-0.3, -0.25) is 0 Å². The summed E-state index contributed by atoms with van der Waals surface area (Å²) in [7, 11) is -3.80. The quantitative estimate of drug-likeness (QED) is 0.842. The molecule has 1 aromatic carbocycles. The van der Waals surface area contributed by atoms with Gasteiger partial charge in [0.25, 0.3) is 0 Å². The Hall–Kier alpha value is -1.59. The van der Waals surface area contributed by atoms with Gasteiger partial charge in [-0.25, -0.2) is 8.42 Å². The Morgan fingerprint density at radius 2 is 1.67 bits per heavy atom. The molecule has 1 aromatic rings. The molecule has 1 fully saturated rings. The van der Waals surface area contributed by atoms with Crippen LogP contribution in [0, 0.1) is 17.2 Å². The maximum Gasteiger partial charge on any atom is 0.416 e. The number of rotatable bonds is 2. The van der Waals surface area contributed by atoms with Crippen molar-refractivity contribution in [2.24, 2.45) is 5.92 Å². The van der Waals surface area contributed by atoms with Crippen molar-refractivity contribution in [2.75, 3.05) is 13.1 Å². The fraction of sp³-hybridized carbons (Fsp3) is 0.462. The van der Waals surface area contributed by atoms with Gasteiger partial charge in [-0.2, -0.15) is 22.7 Å². The molecule has 21 heavy (non-hydrogen) atoms. The van der Waals surface area contributed by atoms with Gasteiger partial charge >= 0.3 is 6.18 Å². The molecule has 0 radical (unpaired) electrons. The highest BCUT2D eigenvalue weighted by molar-refractivity contribution is 7.89. The molecule has 1 saturated heterocycles. The number of piperidine rings is 1. The van der Waals surface area contributed by atoms with Crippen LogP contribution >= 0.6 is 0 Å². The van der Waals surface area contributed by atoms with Gasteiger partial charge < -0.3 is 0 Å². The molecule has 0 aliphatic carbocycles. The Kier molecular flexibility index (Phi) is 4.25. The lowest BCUT2D eigenvalue weighted by Crippen LogP contribution is -2.38. The maximum atomic E-state index is 12.5. The first-order valence-electron chi connectivity index (χ1n) is 6.32. The van der Waals surface area contributed by atoms with Crippen LogP contribution in [0.5, 0.6) is 0 Å². The van der Waals surface area contributed by atoms with Crippen molar-refractivity contribution in [1.82, 2.24) is 4.31 Å². The summed E-state index contributed by atoms with van der Waals surface area (Å²) >= 11 is 0. The van der Waals surface area contributed by atoms with Gasteiger partial charge in [0.15, 0.2) is 0 Å². The molecule has 4 nitrogen and oxygen atoms in total. The van der Waals surface area contributed by atoms with E-state index in [4.69, 9.17) is 5.26 Å². The van der Waals surface area contributed by atoms with Crippen molar-refractivity contribution in [3.8, 4) is 6.07 Å². The first-order chi connectivity index (χ1) is 9.75. The molecule has 114 valence electrons. The average Bonchev–Trinajstić information content (AvgIpc) is 2.46. The lowest BCUT2D eigenvalue weighted by atomic mass is 10.0. The van der Waals surface area contributed by atoms with Crippen LogP contribution in [0.15, 0.2) is 29.2 Å². The zero-order chi connectivity index (χ0) is 15.7. The standard InChI is InChI=1S/C13H13F3N2O2S/c14-13(15,16)11-1-3-12(4-2-11)21(19,20)18-7-5-10(9-17)6-8-18/h1-4,10H,5-8H2. The van der Waals surface area contributed by atoms with E-state index in [1.165, 1.54) is 4.31 Å². The number of halogens is 3. The summed E-state index contributed by atoms with van der Waals surface area (Å²) in [6.45, 7) is 0.420. The van der Waals surface area contributed by atoms with Crippen LogP contribution in [-0.4, -0.2) is 25.8 Å². The number of nitrogens with zero attached hydrogens (tertiary/aromatic N) is 2.